The van der Waals surface area contributed by atoms with Gasteiger partial charge in [0.05, 0.1) is 6.42 Å². The van der Waals surface area contributed by atoms with E-state index in [-0.39, 0.29) is 25.3 Å². The van der Waals surface area contributed by atoms with E-state index in [0.717, 1.165) is 0 Å². The number of benzene rings is 1. The molecule has 1 amide bonds. The van der Waals surface area contributed by atoms with E-state index in [2.05, 4.69) is 5.32 Å². The van der Waals surface area contributed by atoms with Gasteiger partial charge in [-0.2, -0.15) is 0 Å². The van der Waals surface area contributed by atoms with Crippen molar-refractivity contribution in [3.05, 3.63) is 33.8 Å². The van der Waals surface area contributed by atoms with E-state index in [0.29, 0.717) is 15.6 Å². The third-order valence-electron chi connectivity index (χ3n) is 2.09. The molecule has 0 unspecified atom stereocenters. The van der Waals surface area contributed by atoms with Crippen LogP contribution in [-0.4, -0.2) is 17.0 Å². The second kappa shape index (κ2) is 6.47. The summed E-state index contributed by atoms with van der Waals surface area (Å²) < 4.78 is 0. The van der Waals surface area contributed by atoms with Gasteiger partial charge in [-0.1, -0.05) is 29.3 Å². The van der Waals surface area contributed by atoms with Crippen LogP contribution < -0.4 is 5.32 Å². The van der Waals surface area contributed by atoms with Gasteiger partial charge in [0.2, 0.25) is 5.91 Å². The molecule has 0 bridgehead atoms. The van der Waals surface area contributed by atoms with Crippen molar-refractivity contribution in [1.29, 1.82) is 0 Å². The Morgan fingerprint density at radius 3 is 2.29 bits per heavy atom. The van der Waals surface area contributed by atoms with Crippen LogP contribution >= 0.6 is 23.2 Å². The second-order valence-corrected chi connectivity index (χ2v) is 4.19. The first-order valence-electron chi connectivity index (χ1n) is 4.92. The molecule has 0 saturated carbocycles. The molecule has 6 heteroatoms. The van der Waals surface area contributed by atoms with Crippen LogP contribution in [-0.2, 0) is 16.1 Å². The van der Waals surface area contributed by atoms with Crippen molar-refractivity contribution in [2.45, 2.75) is 19.4 Å². The van der Waals surface area contributed by atoms with Gasteiger partial charge in [0.15, 0.2) is 0 Å². The molecule has 0 fully saturated rings. The van der Waals surface area contributed by atoms with E-state index in [1.54, 1.807) is 18.2 Å². The highest BCUT2D eigenvalue weighted by atomic mass is 35.5. The molecule has 4 nitrogen and oxygen atoms in total. The Labute approximate surface area is 109 Å². The van der Waals surface area contributed by atoms with Gasteiger partial charge in [0.1, 0.15) is 0 Å². The van der Waals surface area contributed by atoms with Crippen LogP contribution in [0.3, 0.4) is 0 Å². The Morgan fingerprint density at radius 2 is 1.76 bits per heavy atom. The lowest BCUT2D eigenvalue weighted by Gasteiger charge is -2.08. The molecule has 0 saturated heterocycles. The molecule has 0 aliphatic carbocycles. The van der Waals surface area contributed by atoms with Crippen LogP contribution in [0.25, 0.3) is 0 Å². The summed E-state index contributed by atoms with van der Waals surface area (Å²) in [6, 6.07) is 5.05. The average Bonchev–Trinajstić information content (AvgIpc) is 2.25. The van der Waals surface area contributed by atoms with Crippen molar-refractivity contribution in [3.63, 3.8) is 0 Å². The monoisotopic (exact) mass is 275 g/mol. The number of nitrogens with one attached hydrogen (secondary N) is 1. The van der Waals surface area contributed by atoms with Gasteiger partial charge in [-0.05, 0) is 12.1 Å². The van der Waals surface area contributed by atoms with Crippen LogP contribution in [0.2, 0.25) is 10.0 Å². The largest absolute Gasteiger partial charge is 0.481 e. The highest BCUT2D eigenvalue weighted by Gasteiger charge is 2.08. The summed E-state index contributed by atoms with van der Waals surface area (Å²) >= 11 is 11.8. The first-order valence-corrected chi connectivity index (χ1v) is 5.67. The summed E-state index contributed by atoms with van der Waals surface area (Å²) in [4.78, 5) is 21.5. The maximum absolute atomic E-state index is 11.3. The smallest absolute Gasteiger partial charge is 0.303 e. The first-order chi connectivity index (χ1) is 8.00. The third-order valence-corrected chi connectivity index (χ3v) is 2.80. The number of carbonyl (C=O) groups excluding carboxylic acids is 1. The van der Waals surface area contributed by atoms with E-state index in [9.17, 15) is 9.59 Å². The van der Waals surface area contributed by atoms with Crippen LogP contribution in [0.5, 0.6) is 0 Å². The summed E-state index contributed by atoms with van der Waals surface area (Å²) in [5.41, 5.74) is 0.625. The predicted molar refractivity (Wildman–Crippen MR) is 65.2 cm³/mol. The minimum atomic E-state index is -1.00. The van der Waals surface area contributed by atoms with Crippen LogP contribution in [0, 0.1) is 0 Å². The average molecular weight is 276 g/mol. The molecule has 0 spiro atoms. The Hall–Kier alpha value is -1.26. The molecule has 0 atom stereocenters. The number of aliphatic carboxylic acids is 1. The third kappa shape index (κ3) is 4.63. The molecule has 0 aliphatic rings. The Morgan fingerprint density at radius 1 is 1.18 bits per heavy atom. The van der Waals surface area contributed by atoms with Crippen LogP contribution in [0.15, 0.2) is 18.2 Å². The Balaban J connectivity index is 2.50. The summed E-state index contributed by atoms with van der Waals surface area (Å²) in [5, 5.41) is 11.9. The molecule has 0 aromatic heterocycles. The van der Waals surface area contributed by atoms with E-state index in [1.807, 2.05) is 0 Å². The normalized spacial score (nSPS) is 10.0. The van der Waals surface area contributed by atoms with Gasteiger partial charge < -0.3 is 10.4 Å². The number of hydrogen-bond donors (Lipinski definition) is 2. The van der Waals surface area contributed by atoms with Gasteiger partial charge in [0, 0.05) is 28.6 Å². The maximum Gasteiger partial charge on any atom is 0.303 e. The second-order valence-electron chi connectivity index (χ2n) is 3.37. The molecule has 2 N–H and O–H groups in total. The van der Waals surface area contributed by atoms with Crippen LogP contribution in [0.4, 0.5) is 0 Å². The molecule has 17 heavy (non-hydrogen) atoms. The lowest BCUT2D eigenvalue weighted by atomic mass is 10.2. The molecule has 1 aromatic carbocycles. The lowest BCUT2D eigenvalue weighted by molar-refractivity contribution is -0.138. The standard InChI is InChI=1S/C11H11Cl2NO3/c12-8-2-1-3-9(13)7(8)6-14-10(15)4-5-11(16)17/h1-3H,4-6H2,(H,14,15)(H,16,17). The van der Waals surface area contributed by atoms with Crippen molar-refractivity contribution >= 4 is 35.1 Å². The summed E-state index contributed by atoms with van der Waals surface area (Å²) in [6.45, 7) is 0.191. The fourth-order valence-electron chi connectivity index (χ4n) is 1.20. The molecule has 0 aliphatic heterocycles. The van der Waals surface area contributed by atoms with Crippen molar-refractivity contribution < 1.29 is 14.7 Å². The highest BCUT2D eigenvalue weighted by molar-refractivity contribution is 6.36. The summed E-state index contributed by atoms with van der Waals surface area (Å²) in [7, 11) is 0. The Bertz CT molecular complexity index is 414. The minimum absolute atomic E-state index is 0.0581. The molecular formula is C11H11Cl2NO3. The predicted octanol–water partition coefficient (Wildman–Crippen LogP) is 2.47. The molecular weight excluding hydrogens is 265 g/mol. The number of amides is 1. The van der Waals surface area contributed by atoms with Crippen LogP contribution in [0.1, 0.15) is 18.4 Å². The number of carboxylic acid groups (broad SMARTS) is 1. The fourth-order valence-corrected chi connectivity index (χ4v) is 1.73. The quantitative estimate of drug-likeness (QED) is 0.868. The van der Waals surface area contributed by atoms with Gasteiger partial charge in [-0.3, -0.25) is 9.59 Å². The first kappa shape index (κ1) is 13.8. The van der Waals surface area contributed by atoms with Crippen molar-refractivity contribution in [1.82, 2.24) is 5.32 Å². The van der Waals surface area contributed by atoms with E-state index < -0.39 is 5.97 Å². The highest BCUT2D eigenvalue weighted by Crippen LogP contribution is 2.23. The van der Waals surface area contributed by atoms with Gasteiger partial charge in [0.25, 0.3) is 0 Å². The minimum Gasteiger partial charge on any atom is -0.481 e. The number of rotatable bonds is 5. The lowest BCUT2D eigenvalue weighted by Crippen LogP contribution is -2.23. The zero-order chi connectivity index (χ0) is 12.8. The zero-order valence-electron chi connectivity index (χ0n) is 8.87. The zero-order valence-corrected chi connectivity index (χ0v) is 10.4. The number of carboxylic acids is 1. The molecule has 1 rings (SSSR count). The number of carbonyl (C=O) groups is 2. The van der Waals surface area contributed by atoms with E-state index in [4.69, 9.17) is 28.3 Å². The maximum atomic E-state index is 11.3. The SMILES string of the molecule is O=C(O)CCC(=O)NCc1c(Cl)cccc1Cl. The van der Waals surface area contributed by atoms with Gasteiger partial charge >= 0.3 is 5.97 Å². The van der Waals surface area contributed by atoms with Crippen molar-refractivity contribution in [2.24, 2.45) is 0 Å². The number of hydrogen-bond acceptors (Lipinski definition) is 2. The summed E-state index contributed by atoms with van der Waals surface area (Å²) in [5.74, 6) is -1.35. The van der Waals surface area contributed by atoms with Gasteiger partial charge in [-0.15, -0.1) is 0 Å². The Kier molecular flexibility index (Phi) is 5.25. The summed E-state index contributed by atoms with van der Waals surface area (Å²) in [6.07, 6.45) is -0.251. The van der Waals surface area contributed by atoms with E-state index in [1.165, 1.54) is 0 Å². The van der Waals surface area contributed by atoms with E-state index >= 15 is 0 Å². The molecule has 0 radical (unpaired) electrons. The van der Waals surface area contributed by atoms with Crippen molar-refractivity contribution in [3.8, 4) is 0 Å². The fraction of sp³-hybridized carbons (Fsp3) is 0.273. The molecule has 92 valence electrons. The van der Waals surface area contributed by atoms with Gasteiger partial charge in [-0.25, -0.2) is 0 Å². The molecule has 1 aromatic rings. The topological polar surface area (TPSA) is 66.4 Å². The number of halogens is 2. The van der Waals surface area contributed by atoms with Crippen molar-refractivity contribution in [2.75, 3.05) is 0 Å². The molecule has 0 heterocycles.